The van der Waals surface area contributed by atoms with E-state index >= 15 is 0 Å². The van der Waals surface area contributed by atoms with Gasteiger partial charge in [-0.3, -0.25) is 4.90 Å². The van der Waals surface area contributed by atoms with Gasteiger partial charge in [0.25, 0.3) is 0 Å². The first-order valence-electron chi connectivity index (χ1n) is 10.7. The second-order valence-electron chi connectivity index (χ2n) is 7.61. The molecule has 7 nitrogen and oxygen atoms in total. The fourth-order valence-electron chi connectivity index (χ4n) is 3.97. The number of methoxy groups -OCH3 is 2. The monoisotopic (exact) mass is 445 g/mol. The SMILES string of the molecule is CCCCc1ccc(N2C(N)=C(C#N)C(c3ccccc3)C(C(=O)OC)=C2C(=O)OC)cc1. The third-order valence-corrected chi connectivity index (χ3v) is 5.62. The number of anilines is 1. The molecule has 1 atom stereocenters. The van der Waals surface area contributed by atoms with Crippen molar-refractivity contribution in [3.8, 4) is 6.07 Å². The number of carbonyl (C=O) groups is 2. The van der Waals surface area contributed by atoms with E-state index in [1.807, 2.05) is 30.3 Å². The molecule has 170 valence electrons. The lowest BCUT2D eigenvalue weighted by Crippen LogP contribution is -2.40. The lowest BCUT2D eigenvalue weighted by molar-refractivity contribution is -0.139. The van der Waals surface area contributed by atoms with E-state index in [2.05, 4.69) is 13.0 Å². The highest BCUT2D eigenvalue weighted by atomic mass is 16.5. The van der Waals surface area contributed by atoms with Crippen LogP contribution in [0.25, 0.3) is 0 Å². The molecule has 0 aromatic heterocycles. The number of nitrogens with zero attached hydrogens (tertiary/aromatic N) is 2. The first-order chi connectivity index (χ1) is 16.0. The van der Waals surface area contributed by atoms with Gasteiger partial charge in [-0.05, 0) is 36.1 Å². The van der Waals surface area contributed by atoms with Crippen molar-refractivity contribution < 1.29 is 19.1 Å². The van der Waals surface area contributed by atoms with Crippen molar-refractivity contribution in [2.45, 2.75) is 32.1 Å². The summed E-state index contributed by atoms with van der Waals surface area (Å²) in [4.78, 5) is 27.4. The Morgan fingerprint density at radius 1 is 1.03 bits per heavy atom. The highest BCUT2D eigenvalue weighted by molar-refractivity contribution is 6.06. The minimum atomic E-state index is -0.877. The number of allylic oxidation sites excluding steroid dienone is 1. The van der Waals surface area contributed by atoms with E-state index in [0.717, 1.165) is 24.8 Å². The molecule has 2 aromatic carbocycles. The zero-order valence-corrected chi connectivity index (χ0v) is 19.0. The van der Waals surface area contributed by atoms with Crippen LogP contribution in [-0.4, -0.2) is 26.2 Å². The fraction of sp³-hybridized carbons (Fsp3) is 0.269. The van der Waals surface area contributed by atoms with Crippen molar-refractivity contribution in [3.63, 3.8) is 0 Å². The van der Waals surface area contributed by atoms with E-state index in [9.17, 15) is 14.9 Å². The molecule has 33 heavy (non-hydrogen) atoms. The summed E-state index contributed by atoms with van der Waals surface area (Å²) in [6.45, 7) is 2.13. The number of carbonyl (C=O) groups excluding carboxylic acids is 2. The molecule has 0 radical (unpaired) electrons. The highest BCUT2D eigenvalue weighted by Crippen LogP contribution is 2.43. The zero-order chi connectivity index (χ0) is 24.0. The van der Waals surface area contributed by atoms with E-state index in [4.69, 9.17) is 15.2 Å². The van der Waals surface area contributed by atoms with Gasteiger partial charge in [0.1, 0.15) is 11.5 Å². The molecule has 0 saturated carbocycles. The number of aryl methyl sites for hydroxylation is 1. The molecule has 1 unspecified atom stereocenters. The van der Waals surface area contributed by atoms with Crippen LogP contribution in [-0.2, 0) is 25.5 Å². The first kappa shape index (κ1) is 23.6. The third kappa shape index (κ3) is 4.60. The second kappa shape index (κ2) is 10.5. The molecule has 0 aliphatic carbocycles. The van der Waals surface area contributed by atoms with E-state index < -0.39 is 17.9 Å². The zero-order valence-electron chi connectivity index (χ0n) is 19.0. The summed E-state index contributed by atoms with van der Waals surface area (Å²) < 4.78 is 10.1. The molecule has 0 fully saturated rings. The molecule has 0 spiro atoms. The molecule has 1 heterocycles. The Bertz CT molecular complexity index is 1130. The maximum absolute atomic E-state index is 13.0. The summed E-state index contributed by atoms with van der Waals surface area (Å²) >= 11 is 0. The number of unbranched alkanes of at least 4 members (excludes halogenated alkanes) is 1. The van der Waals surface area contributed by atoms with Gasteiger partial charge < -0.3 is 15.2 Å². The van der Waals surface area contributed by atoms with Gasteiger partial charge in [-0.15, -0.1) is 0 Å². The normalized spacial score (nSPS) is 15.8. The van der Waals surface area contributed by atoms with Gasteiger partial charge in [-0.25, -0.2) is 9.59 Å². The van der Waals surface area contributed by atoms with Crippen LogP contribution in [0.3, 0.4) is 0 Å². The summed E-state index contributed by atoms with van der Waals surface area (Å²) in [6, 6.07) is 18.6. The van der Waals surface area contributed by atoms with Crippen molar-refractivity contribution in [3.05, 3.63) is 88.4 Å². The summed E-state index contributed by atoms with van der Waals surface area (Å²) in [7, 11) is 2.46. The van der Waals surface area contributed by atoms with Crippen LogP contribution >= 0.6 is 0 Å². The number of benzene rings is 2. The summed E-state index contributed by atoms with van der Waals surface area (Å²) in [5, 5.41) is 10.0. The van der Waals surface area contributed by atoms with Crippen molar-refractivity contribution in [2.24, 2.45) is 5.73 Å². The first-order valence-corrected chi connectivity index (χ1v) is 10.7. The Kier molecular flexibility index (Phi) is 7.52. The lowest BCUT2D eigenvalue weighted by atomic mass is 9.81. The number of hydrogen-bond donors (Lipinski definition) is 1. The maximum atomic E-state index is 13.0. The lowest BCUT2D eigenvalue weighted by Gasteiger charge is -2.35. The summed E-state index contributed by atoms with van der Waals surface area (Å²) in [5.74, 6) is -2.32. The minimum Gasteiger partial charge on any atom is -0.466 e. The van der Waals surface area contributed by atoms with Crippen LogP contribution in [0.5, 0.6) is 0 Å². The molecule has 0 bridgehead atoms. The fourth-order valence-corrected chi connectivity index (χ4v) is 3.97. The Morgan fingerprint density at radius 2 is 1.67 bits per heavy atom. The molecule has 1 aliphatic rings. The highest BCUT2D eigenvalue weighted by Gasteiger charge is 2.42. The van der Waals surface area contributed by atoms with Crippen LogP contribution < -0.4 is 10.6 Å². The Morgan fingerprint density at radius 3 is 2.21 bits per heavy atom. The molecule has 0 saturated heterocycles. The van der Waals surface area contributed by atoms with Crippen LogP contribution in [0.1, 0.15) is 36.8 Å². The third-order valence-electron chi connectivity index (χ3n) is 5.62. The Labute approximate surface area is 193 Å². The summed E-state index contributed by atoms with van der Waals surface area (Å²) in [6.07, 6.45) is 3.06. The molecule has 2 aromatic rings. The number of hydrogen-bond acceptors (Lipinski definition) is 7. The average molecular weight is 446 g/mol. The van der Waals surface area contributed by atoms with E-state index in [1.54, 1.807) is 24.3 Å². The van der Waals surface area contributed by atoms with Crippen molar-refractivity contribution in [1.82, 2.24) is 0 Å². The van der Waals surface area contributed by atoms with Gasteiger partial charge in [0, 0.05) is 5.69 Å². The molecule has 0 amide bonds. The van der Waals surface area contributed by atoms with Crippen LogP contribution in [0, 0.1) is 11.3 Å². The maximum Gasteiger partial charge on any atom is 0.355 e. The van der Waals surface area contributed by atoms with Gasteiger partial charge in [-0.1, -0.05) is 55.8 Å². The van der Waals surface area contributed by atoms with E-state index in [-0.39, 0.29) is 22.7 Å². The van der Waals surface area contributed by atoms with Gasteiger partial charge in [-0.2, -0.15) is 5.26 Å². The molecule has 7 heteroatoms. The van der Waals surface area contributed by atoms with Crippen LogP contribution in [0.15, 0.2) is 77.3 Å². The number of nitriles is 1. The number of nitrogens with two attached hydrogens (primary N) is 1. The van der Waals surface area contributed by atoms with Gasteiger partial charge in [0.2, 0.25) is 0 Å². The van der Waals surface area contributed by atoms with E-state index in [0.29, 0.717) is 11.3 Å². The number of rotatable bonds is 7. The van der Waals surface area contributed by atoms with Crippen molar-refractivity contribution >= 4 is 17.6 Å². The second-order valence-corrected chi connectivity index (χ2v) is 7.61. The van der Waals surface area contributed by atoms with Crippen molar-refractivity contribution in [2.75, 3.05) is 19.1 Å². The standard InChI is InChI=1S/C26H27N3O4/c1-4-5-9-17-12-14-19(15-13-17)29-23(26(31)33-3)22(25(30)32-2)21(20(16-27)24(29)28)18-10-7-6-8-11-18/h6-8,10-15,21H,4-5,9,28H2,1-3H3. The molecule has 1 aliphatic heterocycles. The largest absolute Gasteiger partial charge is 0.466 e. The molecular weight excluding hydrogens is 418 g/mol. The molecular formula is C26H27N3O4. The minimum absolute atomic E-state index is 0.00337. The smallest absolute Gasteiger partial charge is 0.355 e. The Hall–Kier alpha value is -4.05. The predicted octanol–water partition coefficient (Wildman–Crippen LogP) is 3.93. The number of esters is 2. The van der Waals surface area contributed by atoms with Gasteiger partial charge in [0.05, 0.1) is 37.4 Å². The van der Waals surface area contributed by atoms with Crippen LogP contribution in [0.4, 0.5) is 5.69 Å². The van der Waals surface area contributed by atoms with Gasteiger partial charge >= 0.3 is 11.9 Å². The number of ether oxygens (including phenoxy) is 2. The molecule has 2 N–H and O–H groups in total. The van der Waals surface area contributed by atoms with E-state index in [1.165, 1.54) is 19.1 Å². The average Bonchev–Trinajstić information content (AvgIpc) is 2.86. The van der Waals surface area contributed by atoms with Gasteiger partial charge in [0.15, 0.2) is 0 Å². The van der Waals surface area contributed by atoms with Crippen LogP contribution in [0.2, 0.25) is 0 Å². The predicted molar refractivity (Wildman–Crippen MR) is 125 cm³/mol. The molecule has 3 rings (SSSR count). The topological polar surface area (TPSA) is 106 Å². The Balaban J connectivity index is 2.28. The van der Waals surface area contributed by atoms with Crippen molar-refractivity contribution in [1.29, 1.82) is 5.26 Å². The summed E-state index contributed by atoms with van der Waals surface area (Å²) in [5.41, 5.74) is 8.86. The quantitative estimate of drug-likeness (QED) is 0.644.